The molecule has 4 heteroatoms. The molecule has 0 aromatic rings. The van der Waals surface area contributed by atoms with E-state index in [9.17, 15) is 0 Å². The molecule has 1 saturated heterocycles. The third kappa shape index (κ3) is 3.49. The third-order valence-electron chi connectivity index (χ3n) is 1.87. The summed E-state index contributed by atoms with van der Waals surface area (Å²) in [4.78, 5) is 2.12. The number of rotatable bonds is 4. The Labute approximate surface area is 73.6 Å². The largest absolute Gasteiger partial charge is 0.351 e. The number of hydrogen-bond donors (Lipinski definition) is 1. The van der Waals surface area contributed by atoms with E-state index >= 15 is 0 Å². The molecule has 2 N–H and O–H groups in total. The standard InChI is InChI=1S/C8H18N2O2/c1-10(4-3-9)7-8-11-5-2-6-12-8/h8H,2-7,9H2,1H3. The van der Waals surface area contributed by atoms with Gasteiger partial charge in [0.05, 0.1) is 13.2 Å². The first-order valence-corrected chi connectivity index (χ1v) is 4.44. The van der Waals surface area contributed by atoms with Crippen molar-refractivity contribution in [2.45, 2.75) is 12.7 Å². The molecule has 0 aromatic heterocycles. The smallest absolute Gasteiger partial charge is 0.170 e. The lowest BCUT2D eigenvalue weighted by atomic mass is 10.4. The maximum atomic E-state index is 5.41. The Kier molecular flexibility index (Phi) is 4.53. The summed E-state index contributed by atoms with van der Waals surface area (Å²) in [6.45, 7) is 4.03. The molecule has 0 radical (unpaired) electrons. The molecule has 0 atom stereocenters. The zero-order valence-corrected chi connectivity index (χ0v) is 7.66. The van der Waals surface area contributed by atoms with E-state index in [4.69, 9.17) is 15.2 Å². The van der Waals surface area contributed by atoms with Crippen molar-refractivity contribution in [3.63, 3.8) is 0 Å². The summed E-state index contributed by atoms with van der Waals surface area (Å²) >= 11 is 0. The highest BCUT2D eigenvalue weighted by Crippen LogP contribution is 2.05. The number of hydrogen-bond acceptors (Lipinski definition) is 4. The van der Waals surface area contributed by atoms with E-state index in [2.05, 4.69) is 4.90 Å². The number of nitrogens with zero attached hydrogens (tertiary/aromatic N) is 1. The van der Waals surface area contributed by atoms with Crippen molar-refractivity contribution in [2.24, 2.45) is 5.73 Å². The lowest BCUT2D eigenvalue weighted by Gasteiger charge is -2.27. The number of nitrogens with two attached hydrogens (primary N) is 1. The Morgan fingerprint density at radius 2 is 2.08 bits per heavy atom. The Balaban J connectivity index is 2.11. The van der Waals surface area contributed by atoms with Crippen LogP contribution in [-0.4, -0.2) is 51.1 Å². The number of likely N-dealkylation sites (N-methyl/N-ethyl adjacent to an activating group) is 1. The topological polar surface area (TPSA) is 47.7 Å². The van der Waals surface area contributed by atoms with Gasteiger partial charge in [0.25, 0.3) is 0 Å². The Bertz CT molecular complexity index is 116. The summed E-state index contributed by atoms with van der Waals surface area (Å²) in [5, 5.41) is 0. The molecule has 0 spiro atoms. The van der Waals surface area contributed by atoms with Crippen molar-refractivity contribution >= 4 is 0 Å². The van der Waals surface area contributed by atoms with Crippen molar-refractivity contribution < 1.29 is 9.47 Å². The van der Waals surface area contributed by atoms with Crippen LogP contribution >= 0.6 is 0 Å². The molecule has 0 bridgehead atoms. The molecule has 1 heterocycles. The first kappa shape index (κ1) is 9.92. The molecule has 1 aliphatic rings. The first-order valence-electron chi connectivity index (χ1n) is 4.44. The second kappa shape index (κ2) is 5.48. The van der Waals surface area contributed by atoms with Crippen LogP contribution in [0.4, 0.5) is 0 Å². The van der Waals surface area contributed by atoms with Gasteiger partial charge in [0.2, 0.25) is 0 Å². The fourth-order valence-corrected chi connectivity index (χ4v) is 1.21. The molecule has 0 saturated carbocycles. The van der Waals surface area contributed by atoms with Crippen molar-refractivity contribution in [1.29, 1.82) is 0 Å². The predicted molar refractivity (Wildman–Crippen MR) is 46.9 cm³/mol. The Hall–Kier alpha value is -0.160. The third-order valence-corrected chi connectivity index (χ3v) is 1.87. The molecular formula is C8H18N2O2. The molecule has 0 unspecified atom stereocenters. The van der Waals surface area contributed by atoms with E-state index < -0.39 is 0 Å². The molecule has 1 fully saturated rings. The minimum absolute atomic E-state index is 0.0460. The molecule has 1 aliphatic heterocycles. The van der Waals surface area contributed by atoms with Gasteiger partial charge in [-0.1, -0.05) is 0 Å². The van der Waals surface area contributed by atoms with Gasteiger partial charge in [-0.25, -0.2) is 0 Å². The van der Waals surface area contributed by atoms with Gasteiger partial charge in [0.15, 0.2) is 6.29 Å². The van der Waals surface area contributed by atoms with E-state index in [0.29, 0.717) is 6.54 Å². The van der Waals surface area contributed by atoms with Crippen LogP contribution in [0, 0.1) is 0 Å². The lowest BCUT2D eigenvalue weighted by molar-refractivity contribution is -0.184. The van der Waals surface area contributed by atoms with Gasteiger partial charge in [-0.15, -0.1) is 0 Å². The minimum atomic E-state index is -0.0460. The zero-order valence-electron chi connectivity index (χ0n) is 7.66. The minimum Gasteiger partial charge on any atom is -0.351 e. The maximum Gasteiger partial charge on any atom is 0.170 e. The second-order valence-corrected chi connectivity index (χ2v) is 3.08. The van der Waals surface area contributed by atoms with Crippen LogP contribution in [0.25, 0.3) is 0 Å². The first-order chi connectivity index (χ1) is 5.83. The average molecular weight is 174 g/mol. The summed E-state index contributed by atoms with van der Waals surface area (Å²) in [5.74, 6) is 0. The molecule has 0 amide bonds. The predicted octanol–water partition coefficient (Wildman–Crippen LogP) is -0.360. The molecule has 72 valence electrons. The van der Waals surface area contributed by atoms with E-state index in [1.54, 1.807) is 0 Å². The van der Waals surface area contributed by atoms with Gasteiger partial charge in [0.1, 0.15) is 0 Å². The molecular weight excluding hydrogens is 156 g/mol. The highest BCUT2D eigenvalue weighted by molar-refractivity contribution is 4.58. The molecule has 4 nitrogen and oxygen atoms in total. The summed E-state index contributed by atoms with van der Waals surface area (Å²) in [7, 11) is 2.02. The van der Waals surface area contributed by atoms with Crippen LogP contribution in [-0.2, 0) is 9.47 Å². The van der Waals surface area contributed by atoms with Gasteiger partial charge < -0.3 is 20.1 Å². The fourth-order valence-electron chi connectivity index (χ4n) is 1.21. The zero-order chi connectivity index (χ0) is 8.81. The summed E-state index contributed by atoms with van der Waals surface area (Å²) in [6, 6.07) is 0. The van der Waals surface area contributed by atoms with Crippen LogP contribution in [0.1, 0.15) is 6.42 Å². The highest BCUT2D eigenvalue weighted by Gasteiger charge is 2.15. The van der Waals surface area contributed by atoms with Gasteiger partial charge in [-0.3, -0.25) is 0 Å². The van der Waals surface area contributed by atoms with Crippen molar-refractivity contribution in [3.8, 4) is 0 Å². The number of ether oxygens (including phenoxy) is 2. The summed E-state index contributed by atoms with van der Waals surface area (Å²) in [5.41, 5.74) is 5.41. The van der Waals surface area contributed by atoms with Crippen LogP contribution in [0.15, 0.2) is 0 Å². The average Bonchev–Trinajstić information content (AvgIpc) is 2.06. The van der Waals surface area contributed by atoms with Crippen molar-refractivity contribution in [3.05, 3.63) is 0 Å². The van der Waals surface area contributed by atoms with Crippen LogP contribution in [0.3, 0.4) is 0 Å². The van der Waals surface area contributed by atoms with Gasteiger partial charge in [0, 0.05) is 19.6 Å². The Morgan fingerprint density at radius 3 is 2.67 bits per heavy atom. The Morgan fingerprint density at radius 1 is 1.42 bits per heavy atom. The summed E-state index contributed by atoms with van der Waals surface area (Å²) in [6.07, 6.45) is 0.965. The van der Waals surface area contributed by atoms with Gasteiger partial charge >= 0.3 is 0 Å². The van der Waals surface area contributed by atoms with E-state index in [1.165, 1.54) is 0 Å². The molecule has 0 aromatic carbocycles. The SMILES string of the molecule is CN(CCN)CC1OCCCO1. The van der Waals surface area contributed by atoms with E-state index in [1.807, 2.05) is 7.05 Å². The van der Waals surface area contributed by atoms with Crippen molar-refractivity contribution in [1.82, 2.24) is 4.90 Å². The highest BCUT2D eigenvalue weighted by atomic mass is 16.7. The van der Waals surface area contributed by atoms with E-state index in [0.717, 1.165) is 32.7 Å². The maximum absolute atomic E-state index is 5.41. The molecule has 0 aliphatic carbocycles. The molecule has 1 rings (SSSR count). The monoisotopic (exact) mass is 174 g/mol. The van der Waals surface area contributed by atoms with Gasteiger partial charge in [-0.2, -0.15) is 0 Å². The second-order valence-electron chi connectivity index (χ2n) is 3.08. The van der Waals surface area contributed by atoms with Crippen LogP contribution < -0.4 is 5.73 Å². The van der Waals surface area contributed by atoms with Gasteiger partial charge in [-0.05, 0) is 13.5 Å². The van der Waals surface area contributed by atoms with Crippen LogP contribution in [0.2, 0.25) is 0 Å². The molecule has 12 heavy (non-hydrogen) atoms. The summed E-state index contributed by atoms with van der Waals surface area (Å²) < 4.78 is 10.8. The fraction of sp³-hybridized carbons (Fsp3) is 1.00. The quantitative estimate of drug-likeness (QED) is 0.632. The lowest BCUT2D eigenvalue weighted by Crippen LogP contribution is -2.38. The van der Waals surface area contributed by atoms with Crippen molar-refractivity contribution in [2.75, 3.05) is 39.9 Å². The van der Waals surface area contributed by atoms with Crippen LogP contribution in [0.5, 0.6) is 0 Å². The van der Waals surface area contributed by atoms with E-state index in [-0.39, 0.29) is 6.29 Å². The normalized spacial score (nSPS) is 20.2.